The van der Waals surface area contributed by atoms with Gasteiger partial charge < -0.3 is 14.8 Å². The highest BCUT2D eigenvalue weighted by Crippen LogP contribution is 2.31. The van der Waals surface area contributed by atoms with E-state index in [1.165, 1.54) is 45.4 Å². The Morgan fingerprint density at radius 3 is 2.32 bits per heavy atom. The average molecular weight is 405 g/mol. The molecule has 0 bridgehead atoms. The number of amides is 3. The minimum absolute atomic E-state index is 0.0197. The molecule has 1 fully saturated rings. The molecule has 3 amide bonds. The number of urea groups is 1. The Morgan fingerprint density at radius 1 is 1.00 bits per heavy atom. The van der Waals surface area contributed by atoms with Crippen LogP contribution in [0.15, 0.2) is 47.4 Å². The number of hydrogen-bond donors (Lipinski definition) is 3. The van der Waals surface area contributed by atoms with Gasteiger partial charge in [0.15, 0.2) is 11.5 Å². The van der Waals surface area contributed by atoms with Crippen LogP contribution in [0, 0.1) is 0 Å². The number of carbonyl (C=O) groups is 2. The highest BCUT2D eigenvalue weighted by Gasteiger charge is 2.43. The fraction of sp³-hybridized carbons (Fsp3) is 0.222. The maximum absolute atomic E-state index is 12.7. The van der Waals surface area contributed by atoms with E-state index in [9.17, 15) is 18.0 Å². The Hall–Kier alpha value is -3.27. The van der Waals surface area contributed by atoms with Crippen molar-refractivity contribution in [3.05, 3.63) is 48.0 Å². The lowest BCUT2D eigenvalue weighted by atomic mass is 9.92. The Morgan fingerprint density at radius 2 is 1.71 bits per heavy atom. The summed E-state index contributed by atoms with van der Waals surface area (Å²) >= 11 is 0. The molecule has 2 aromatic carbocycles. The second-order valence-electron chi connectivity index (χ2n) is 6.24. The molecule has 1 aliphatic heterocycles. The molecule has 28 heavy (non-hydrogen) atoms. The van der Waals surface area contributed by atoms with Gasteiger partial charge in [0, 0.05) is 11.8 Å². The largest absolute Gasteiger partial charge is 0.493 e. The molecule has 1 saturated heterocycles. The minimum Gasteiger partial charge on any atom is -0.493 e. The Kier molecular flexibility index (Phi) is 4.90. The number of carbonyl (C=O) groups excluding carboxylic acids is 2. The summed E-state index contributed by atoms with van der Waals surface area (Å²) in [6, 6.07) is 9.86. The molecular weight excluding hydrogens is 386 g/mol. The van der Waals surface area contributed by atoms with Gasteiger partial charge in [-0.3, -0.25) is 14.8 Å². The number of rotatable bonds is 6. The van der Waals surface area contributed by atoms with E-state index in [0.29, 0.717) is 11.3 Å². The molecule has 10 heteroatoms. The molecule has 0 spiro atoms. The highest BCUT2D eigenvalue weighted by molar-refractivity contribution is 7.92. The normalized spacial score (nSPS) is 19.0. The molecule has 0 unspecified atom stereocenters. The Balaban J connectivity index is 1.92. The zero-order valence-corrected chi connectivity index (χ0v) is 16.2. The number of benzene rings is 2. The van der Waals surface area contributed by atoms with E-state index >= 15 is 0 Å². The van der Waals surface area contributed by atoms with Crippen molar-refractivity contribution in [1.82, 2.24) is 10.6 Å². The third-order valence-corrected chi connectivity index (χ3v) is 5.78. The zero-order valence-electron chi connectivity index (χ0n) is 15.4. The van der Waals surface area contributed by atoms with Gasteiger partial charge >= 0.3 is 6.03 Å². The van der Waals surface area contributed by atoms with Gasteiger partial charge in [-0.1, -0.05) is 12.1 Å². The summed E-state index contributed by atoms with van der Waals surface area (Å²) < 4.78 is 38.2. The summed E-state index contributed by atoms with van der Waals surface area (Å²) in [5, 5.41) is 4.71. The lowest BCUT2D eigenvalue weighted by Crippen LogP contribution is -2.40. The van der Waals surface area contributed by atoms with Crippen LogP contribution in [0.5, 0.6) is 11.5 Å². The van der Waals surface area contributed by atoms with Gasteiger partial charge in [-0.15, -0.1) is 0 Å². The number of imide groups is 1. The molecule has 0 saturated carbocycles. The maximum atomic E-state index is 12.7. The summed E-state index contributed by atoms with van der Waals surface area (Å²) in [6.07, 6.45) is 0. The van der Waals surface area contributed by atoms with Crippen LogP contribution in [0.3, 0.4) is 0 Å². The third-order valence-electron chi connectivity index (χ3n) is 4.40. The predicted molar refractivity (Wildman–Crippen MR) is 101 cm³/mol. The molecule has 0 aliphatic carbocycles. The van der Waals surface area contributed by atoms with Crippen LogP contribution in [0.1, 0.15) is 12.5 Å². The number of sulfonamides is 1. The van der Waals surface area contributed by atoms with E-state index in [1.54, 1.807) is 18.2 Å². The van der Waals surface area contributed by atoms with Gasteiger partial charge in [-0.25, -0.2) is 13.2 Å². The number of methoxy groups -OCH3 is 2. The number of nitrogens with one attached hydrogen (secondary N) is 3. The second kappa shape index (κ2) is 7.04. The van der Waals surface area contributed by atoms with Gasteiger partial charge in [-0.05, 0) is 36.8 Å². The molecule has 9 nitrogen and oxygen atoms in total. The first-order valence-electron chi connectivity index (χ1n) is 8.18. The summed E-state index contributed by atoms with van der Waals surface area (Å²) in [7, 11) is -1.07. The maximum Gasteiger partial charge on any atom is 0.322 e. The van der Waals surface area contributed by atoms with Crippen LogP contribution >= 0.6 is 0 Å². The molecule has 1 heterocycles. The van der Waals surface area contributed by atoms with Crippen LogP contribution in [0.2, 0.25) is 0 Å². The summed E-state index contributed by atoms with van der Waals surface area (Å²) in [5.41, 5.74) is -0.618. The summed E-state index contributed by atoms with van der Waals surface area (Å²) in [5.74, 6) is 0.161. The fourth-order valence-electron chi connectivity index (χ4n) is 2.84. The summed E-state index contributed by atoms with van der Waals surface area (Å²) in [6.45, 7) is 1.54. The molecule has 3 N–H and O–H groups in total. The van der Waals surface area contributed by atoms with Gasteiger partial charge in [0.1, 0.15) is 5.54 Å². The van der Waals surface area contributed by atoms with Crippen molar-refractivity contribution >= 4 is 27.6 Å². The molecule has 1 aliphatic rings. The molecule has 148 valence electrons. The zero-order chi connectivity index (χ0) is 20.5. The first-order chi connectivity index (χ1) is 13.2. The quantitative estimate of drug-likeness (QED) is 0.627. The van der Waals surface area contributed by atoms with Crippen molar-refractivity contribution in [3.63, 3.8) is 0 Å². The molecule has 2 aromatic rings. The van der Waals surface area contributed by atoms with Crippen LogP contribution in [0.4, 0.5) is 10.5 Å². The molecule has 1 atom stereocenters. The number of anilines is 1. The van der Waals surface area contributed by atoms with Crippen LogP contribution in [0.25, 0.3) is 0 Å². The number of ether oxygens (including phenoxy) is 2. The van der Waals surface area contributed by atoms with Crippen molar-refractivity contribution in [2.45, 2.75) is 17.4 Å². The fourth-order valence-corrected chi connectivity index (χ4v) is 3.90. The van der Waals surface area contributed by atoms with Crippen LogP contribution in [-0.4, -0.2) is 34.6 Å². The van der Waals surface area contributed by atoms with E-state index in [4.69, 9.17) is 9.47 Å². The van der Waals surface area contributed by atoms with E-state index in [0.717, 1.165) is 0 Å². The van der Waals surface area contributed by atoms with E-state index < -0.39 is 27.5 Å². The number of hydrogen-bond acceptors (Lipinski definition) is 6. The SMILES string of the molecule is COc1ccc(S(=O)(=O)Nc2cccc([C@@]3(C)NC(=O)NC3=O)c2)cc1OC. The lowest BCUT2D eigenvalue weighted by Gasteiger charge is -2.22. The molecular formula is C18H19N3O6S. The highest BCUT2D eigenvalue weighted by atomic mass is 32.2. The van der Waals surface area contributed by atoms with Crippen molar-refractivity contribution in [1.29, 1.82) is 0 Å². The van der Waals surface area contributed by atoms with Gasteiger partial charge in [0.25, 0.3) is 15.9 Å². The standard InChI is InChI=1S/C18H19N3O6S/c1-18(16(22)19-17(23)20-18)11-5-4-6-12(9-11)21-28(24,25)13-7-8-14(26-2)15(10-13)27-3/h4-10,21H,1-3H3,(H2,19,20,22,23)/t18-/m1/s1. The second-order valence-corrected chi connectivity index (χ2v) is 7.92. The Labute approximate surface area is 162 Å². The Bertz CT molecular complexity index is 1050. The smallest absolute Gasteiger partial charge is 0.322 e. The van der Waals surface area contributed by atoms with Crippen molar-refractivity contribution in [3.8, 4) is 11.5 Å². The monoisotopic (exact) mass is 405 g/mol. The molecule has 3 rings (SSSR count). The van der Waals surface area contributed by atoms with Crippen molar-refractivity contribution < 1.29 is 27.5 Å². The van der Waals surface area contributed by atoms with Gasteiger partial charge in [-0.2, -0.15) is 0 Å². The third kappa shape index (κ3) is 3.46. The molecule has 0 radical (unpaired) electrons. The average Bonchev–Trinajstić information content (AvgIpc) is 2.93. The summed E-state index contributed by atoms with van der Waals surface area (Å²) in [4.78, 5) is 23.6. The minimum atomic E-state index is -3.93. The van der Waals surface area contributed by atoms with Gasteiger partial charge in [0.05, 0.1) is 19.1 Å². The first-order valence-corrected chi connectivity index (χ1v) is 9.67. The lowest BCUT2D eigenvalue weighted by molar-refractivity contribution is -0.123. The van der Waals surface area contributed by atoms with E-state index in [-0.39, 0.29) is 16.3 Å². The molecule has 0 aromatic heterocycles. The van der Waals surface area contributed by atoms with Crippen molar-refractivity contribution in [2.24, 2.45) is 0 Å². The van der Waals surface area contributed by atoms with E-state index in [2.05, 4.69) is 15.4 Å². The van der Waals surface area contributed by atoms with E-state index in [1.807, 2.05) is 0 Å². The first kappa shape index (κ1) is 19.5. The predicted octanol–water partition coefficient (Wildman–Crippen LogP) is 1.56. The van der Waals surface area contributed by atoms with Gasteiger partial charge in [0.2, 0.25) is 0 Å². The van der Waals surface area contributed by atoms with Crippen LogP contribution in [-0.2, 0) is 20.4 Å². The topological polar surface area (TPSA) is 123 Å². The van der Waals surface area contributed by atoms with Crippen LogP contribution < -0.4 is 24.8 Å². The van der Waals surface area contributed by atoms with Crippen molar-refractivity contribution in [2.75, 3.05) is 18.9 Å².